The number of rotatable bonds is 13. The van der Waals surface area contributed by atoms with Gasteiger partial charge in [0.15, 0.2) is 6.04 Å². The zero-order valence-corrected chi connectivity index (χ0v) is 18.2. The molecule has 0 rings (SSSR count). The fraction of sp³-hybridized carbons (Fsp3) is 0.765. The molecule has 174 valence electrons. The second-order valence-electron chi connectivity index (χ2n) is 6.90. The minimum Gasteiger partial charge on any atom is -0.480 e. The van der Waals surface area contributed by atoms with E-state index in [-0.39, 0.29) is 6.42 Å². The Morgan fingerprint density at radius 3 is 1.73 bits per heavy atom. The number of amides is 3. The van der Waals surface area contributed by atoms with Crippen LogP contribution in [0.2, 0.25) is 0 Å². The number of aliphatic hydroxyl groups is 3. The highest BCUT2D eigenvalue weighted by molar-refractivity contribution is 7.98. The van der Waals surface area contributed by atoms with Gasteiger partial charge in [-0.1, -0.05) is 0 Å². The van der Waals surface area contributed by atoms with Crippen molar-refractivity contribution in [1.29, 1.82) is 0 Å². The van der Waals surface area contributed by atoms with Crippen LogP contribution >= 0.6 is 11.8 Å². The van der Waals surface area contributed by atoms with Gasteiger partial charge >= 0.3 is 5.97 Å². The van der Waals surface area contributed by atoms with Crippen LogP contribution in [0, 0.1) is 0 Å². The lowest BCUT2D eigenvalue weighted by Gasteiger charge is -2.27. The predicted octanol–water partition coefficient (Wildman–Crippen LogP) is -3.25. The summed E-state index contributed by atoms with van der Waals surface area (Å²) in [7, 11) is 0. The fourth-order valence-electron chi connectivity index (χ4n) is 2.28. The van der Waals surface area contributed by atoms with E-state index in [1.807, 2.05) is 0 Å². The monoisotopic (exact) mass is 452 g/mol. The number of nitrogens with one attached hydrogen (secondary N) is 3. The molecule has 9 N–H and O–H groups in total. The van der Waals surface area contributed by atoms with Gasteiger partial charge in [0, 0.05) is 0 Å². The fourth-order valence-corrected chi connectivity index (χ4v) is 2.75. The molecule has 0 saturated carbocycles. The quantitative estimate of drug-likeness (QED) is 0.140. The van der Waals surface area contributed by atoms with Crippen LogP contribution in [0.3, 0.4) is 0 Å². The van der Waals surface area contributed by atoms with Gasteiger partial charge in [0.25, 0.3) is 0 Å². The van der Waals surface area contributed by atoms with Gasteiger partial charge in [-0.3, -0.25) is 14.4 Å². The predicted molar refractivity (Wildman–Crippen MR) is 109 cm³/mol. The maximum atomic E-state index is 12.6. The third-order valence-corrected chi connectivity index (χ3v) is 4.82. The summed E-state index contributed by atoms with van der Waals surface area (Å²) in [5, 5.41) is 44.7. The van der Waals surface area contributed by atoms with Crippen molar-refractivity contribution in [3.63, 3.8) is 0 Å². The van der Waals surface area contributed by atoms with Crippen LogP contribution in [0.5, 0.6) is 0 Å². The molecule has 0 aliphatic carbocycles. The van der Waals surface area contributed by atoms with Crippen molar-refractivity contribution in [1.82, 2.24) is 16.0 Å². The summed E-state index contributed by atoms with van der Waals surface area (Å²) in [5.74, 6) is -3.64. The van der Waals surface area contributed by atoms with Crippen molar-refractivity contribution in [2.24, 2.45) is 5.73 Å². The lowest BCUT2D eigenvalue weighted by atomic mass is 10.1. The average Bonchev–Trinajstić information content (AvgIpc) is 2.64. The summed E-state index contributed by atoms with van der Waals surface area (Å²) in [6, 6.07) is -5.58. The van der Waals surface area contributed by atoms with Gasteiger partial charge in [-0.05, 0) is 39.2 Å². The van der Waals surface area contributed by atoms with Gasteiger partial charge in [0.05, 0.1) is 18.3 Å². The van der Waals surface area contributed by atoms with Crippen molar-refractivity contribution in [2.75, 3.05) is 12.0 Å². The smallest absolute Gasteiger partial charge is 0.328 e. The largest absolute Gasteiger partial charge is 0.480 e. The highest BCUT2D eigenvalue weighted by atomic mass is 32.2. The summed E-state index contributed by atoms with van der Waals surface area (Å²) in [5.41, 5.74) is 5.51. The van der Waals surface area contributed by atoms with Crippen LogP contribution in [0.4, 0.5) is 0 Å². The van der Waals surface area contributed by atoms with Crippen LogP contribution in [-0.2, 0) is 19.2 Å². The van der Waals surface area contributed by atoms with Crippen molar-refractivity contribution in [3.8, 4) is 0 Å². The maximum Gasteiger partial charge on any atom is 0.328 e. The molecule has 7 atom stereocenters. The number of hydrogen-bond acceptors (Lipinski definition) is 9. The standard InChI is InChI=1S/C17H32N4O8S/c1-7(22)11(18)15(26)20-12(8(2)23)16(27)19-10(5-6-30-4)14(25)21-13(9(3)24)17(28)29/h7-13,22-24H,5-6,18H2,1-4H3,(H,19,27)(H,20,26)(H,21,25)(H,28,29). The van der Waals surface area contributed by atoms with E-state index in [0.29, 0.717) is 5.75 Å². The molecule has 0 radical (unpaired) electrons. The highest BCUT2D eigenvalue weighted by Gasteiger charge is 2.33. The molecule has 0 aromatic rings. The van der Waals surface area contributed by atoms with Crippen molar-refractivity contribution in [2.45, 2.75) is 69.7 Å². The lowest BCUT2D eigenvalue weighted by Crippen LogP contribution is -2.61. The van der Waals surface area contributed by atoms with Gasteiger partial charge in [0.2, 0.25) is 17.7 Å². The molecule has 0 aromatic carbocycles. The van der Waals surface area contributed by atoms with Gasteiger partial charge in [-0.25, -0.2) is 4.79 Å². The molecule has 0 bridgehead atoms. The van der Waals surface area contributed by atoms with E-state index < -0.39 is 66.2 Å². The molecule has 0 aliphatic heterocycles. The Labute approximate surface area is 179 Å². The van der Waals surface area contributed by atoms with E-state index in [9.17, 15) is 34.5 Å². The summed E-state index contributed by atoms with van der Waals surface area (Å²) >= 11 is 1.38. The van der Waals surface area contributed by atoms with Crippen molar-refractivity contribution in [3.05, 3.63) is 0 Å². The summed E-state index contributed by atoms with van der Waals surface area (Å²) < 4.78 is 0. The zero-order valence-electron chi connectivity index (χ0n) is 17.4. The molecule has 0 aromatic heterocycles. The van der Waals surface area contributed by atoms with Gasteiger partial charge < -0.3 is 42.1 Å². The molecule has 3 amide bonds. The van der Waals surface area contributed by atoms with Gasteiger partial charge in [-0.2, -0.15) is 11.8 Å². The molecule has 13 heteroatoms. The number of aliphatic carboxylic acids is 1. The van der Waals surface area contributed by atoms with Crippen LogP contribution in [0.25, 0.3) is 0 Å². The minimum absolute atomic E-state index is 0.124. The van der Waals surface area contributed by atoms with E-state index in [1.54, 1.807) is 6.26 Å². The van der Waals surface area contributed by atoms with Crippen molar-refractivity contribution < 1.29 is 39.6 Å². The number of carboxylic acids is 1. The zero-order chi connectivity index (χ0) is 23.6. The first-order valence-electron chi connectivity index (χ1n) is 9.26. The maximum absolute atomic E-state index is 12.6. The molecular weight excluding hydrogens is 420 g/mol. The average molecular weight is 453 g/mol. The Morgan fingerprint density at radius 1 is 0.833 bits per heavy atom. The molecular formula is C17H32N4O8S. The van der Waals surface area contributed by atoms with Crippen LogP contribution < -0.4 is 21.7 Å². The van der Waals surface area contributed by atoms with Crippen LogP contribution in [0.1, 0.15) is 27.2 Å². The molecule has 0 saturated heterocycles. The first-order chi connectivity index (χ1) is 13.8. The Hall–Kier alpha value is -1.93. The Kier molecular flexibility index (Phi) is 12.5. The Balaban J connectivity index is 5.39. The topological polar surface area (TPSA) is 211 Å². The van der Waals surface area contributed by atoms with E-state index >= 15 is 0 Å². The summed E-state index contributed by atoms with van der Waals surface area (Å²) in [6.45, 7) is 3.72. The molecule has 0 aliphatic rings. The minimum atomic E-state index is -1.58. The third kappa shape index (κ3) is 9.26. The van der Waals surface area contributed by atoms with E-state index in [4.69, 9.17) is 10.8 Å². The molecule has 0 fully saturated rings. The second-order valence-corrected chi connectivity index (χ2v) is 7.89. The lowest BCUT2D eigenvalue weighted by molar-refractivity contribution is -0.145. The molecule has 7 unspecified atom stereocenters. The van der Waals surface area contributed by atoms with Gasteiger partial charge in [0.1, 0.15) is 18.1 Å². The van der Waals surface area contributed by atoms with Gasteiger partial charge in [-0.15, -0.1) is 0 Å². The SMILES string of the molecule is CSCCC(NC(=O)C(NC(=O)C(N)C(C)O)C(C)O)C(=O)NC(C(=O)O)C(C)O. The van der Waals surface area contributed by atoms with Crippen molar-refractivity contribution >= 4 is 35.5 Å². The summed E-state index contributed by atoms with van der Waals surface area (Å²) in [6.07, 6.45) is -2.05. The Bertz CT molecular complexity index is 602. The second kappa shape index (κ2) is 13.4. The summed E-state index contributed by atoms with van der Waals surface area (Å²) in [4.78, 5) is 48.3. The Morgan fingerprint density at radius 2 is 1.33 bits per heavy atom. The number of carbonyl (C=O) groups is 4. The first-order valence-corrected chi connectivity index (χ1v) is 10.6. The number of nitrogens with two attached hydrogens (primary N) is 1. The number of aliphatic hydroxyl groups excluding tert-OH is 3. The molecule has 0 spiro atoms. The van der Waals surface area contributed by atoms with E-state index in [0.717, 1.165) is 0 Å². The third-order valence-electron chi connectivity index (χ3n) is 4.17. The number of thioether (sulfide) groups is 1. The normalized spacial score (nSPS) is 18.1. The number of hydrogen-bond donors (Lipinski definition) is 8. The number of carbonyl (C=O) groups excluding carboxylic acids is 3. The molecule has 0 heterocycles. The highest BCUT2D eigenvalue weighted by Crippen LogP contribution is 2.05. The van der Waals surface area contributed by atoms with Crippen LogP contribution in [0.15, 0.2) is 0 Å². The number of carboxylic acid groups (broad SMARTS) is 1. The van der Waals surface area contributed by atoms with E-state index in [2.05, 4.69) is 16.0 Å². The molecule has 30 heavy (non-hydrogen) atoms. The first kappa shape index (κ1) is 28.1. The molecule has 12 nitrogen and oxygen atoms in total. The van der Waals surface area contributed by atoms with E-state index in [1.165, 1.54) is 32.5 Å². The van der Waals surface area contributed by atoms with Crippen LogP contribution in [-0.4, -0.2) is 98.6 Å².